The van der Waals surface area contributed by atoms with E-state index in [4.69, 9.17) is 9.47 Å². The molecule has 1 heterocycles. The highest BCUT2D eigenvalue weighted by Crippen LogP contribution is 2.49. The lowest BCUT2D eigenvalue weighted by Crippen LogP contribution is -2.31. The van der Waals surface area contributed by atoms with Crippen LogP contribution in [0.3, 0.4) is 0 Å². The van der Waals surface area contributed by atoms with Gasteiger partial charge in [-0.25, -0.2) is 0 Å². The SMILES string of the molecule is CC(C)(C)c1ccc(C2(C(=O)OC3CCOCC3)CC2)cc1. The van der Waals surface area contributed by atoms with Gasteiger partial charge in [-0.05, 0) is 29.4 Å². The number of rotatable bonds is 3. The van der Waals surface area contributed by atoms with Crippen LogP contribution in [0.1, 0.15) is 57.6 Å². The van der Waals surface area contributed by atoms with Crippen molar-refractivity contribution in [3.05, 3.63) is 35.4 Å². The van der Waals surface area contributed by atoms with E-state index in [-0.39, 0.29) is 22.9 Å². The first-order chi connectivity index (χ1) is 10.4. The molecule has 1 aromatic carbocycles. The summed E-state index contributed by atoms with van der Waals surface area (Å²) in [5.74, 6) is -0.0390. The summed E-state index contributed by atoms with van der Waals surface area (Å²) in [6.45, 7) is 8.01. The van der Waals surface area contributed by atoms with Crippen molar-refractivity contribution in [2.45, 2.75) is 63.4 Å². The fourth-order valence-corrected chi connectivity index (χ4v) is 3.08. The van der Waals surface area contributed by atoms with Crippen molar-refractivity contribution in [2.75, 3.05) is 13.2 Å². The molecule has 1 saturated heterocycles. The summed E-state index contributed by atoms with van der Waals surface area (Å²) >= 11 is 0. The topological polar surface area (TPSA) is 35.5 Å². The van der Waals surface area contributed by atoms with Gasteiger partial charge in [0.2, 0.25) is 0 Å². The van der Waals surface area contributed by atoms with Crippen LogP contribution in [0.2, 0.25) is 0 Å². The van der Waals surface area contributed by atoms with Gasteiger partial charge in [0, 0.05) is 12.8 Å². The molecule has 0 aromatic heterocycles. The Morgan fingerprint density at radius 3 is 2.23 bits per heavy atom. The molecule has 1 aromatic rings. The third-order valence-electron chi connectivity index (χ3n) is 4.89. The Bertz CT molecular complexity index is 529. The third-order valence-corrected chi connectivity index (χ3v) is 4.89. The van der Waals surface area contributed by atoms with Gasteiger partial charge in [-0.15, -0.1) is 0 Å². The van der Waals surface area contributed by atoms with E-state index in [2.05, 4.69) is 45.0 Å². The van der Waals surface area contributed by atoms with E-state index in [1.54, 1.807) is 0 Å². The highest BCUT2D eigenvalue weighted by molar-refractivity contribution is 5.86. The van der Waals surface area contributed by atoms with Crippen molar-refractivity contribution in [2.24, 2.45) is 0 Å². The first-order valence-corrected chi connectivity index (χ1v) is 8.32. The molecule has 0 unspecified atom stereocenters. The molecule has 1 saturated carbocycles. The lowest BCUT2D eigenvalue weighted by molar-refractivity contribution is -0.156. The fraction of sp³-hybridized carbons (Fsp3) is 0.632. The zero-order valence-corrected chi connectivity index (χ0v) is 13.9. The molecule has 3 rings (SSSR count). The molecule has 1 aliphatic heterocycles. The number of benzene rings is 1. The summed E-state index contributed by atoms with van der Waals surface area (Å²) in [6.07, 6.45) is 3.50. The normalized spacial score (nSPS) is 21.4. The summed E-state index contributed by atoms with van der Waals surface area (Å²) in [7, 11) is 0. The molecular formula is C19H26O3. The van der Waals surface area contributed by atoms with Crippen LogP contribution in [0.5, 0.6) is 0 Å². The maximum absolute atomic E-state index is 12.6. The number of hydrogen-bond donors (Lipinski definition) is 0. The van der Waals surface area contributed by atoms with Crippen molar-refractivity contribution in [3.8, 4) is 0 Å². The highest BCUT2D eigenvalue weighted by atomic mass is 16.6. The van der Waals surface area contributed by atoms with Gasteiger partial charge in [0.1, 0.15) is 6.10 Å². The second-order valence-corrected chi connectivity index (χ2v) is 7.63. The van der Waals surface area contributed by atoms with Crippen molar-refractivity contribution in [3.63, 3.8) is 0 Å². The van der Waals surface area contributed by atoms with E-state index in [0.29, 0.717) is 13.2 Å². The molecule has 3 nitrogen and oxygen atoms in total. The van der Waals surface area contributed by atoms with Gasteiger partial charge in [0.05, 0.1) is 18.6 Å². The molecule has 0 N–H and O–H groups in total. The molecule has 2 fully saturated rings. The van der Waals surface area contributed by atoms with Crippen molar-refractivity contribution >= 4 is 5.97 Å². The monoisotopic (exact) mass is 302 g/mol. The number of hydrogen-bond acceptors (Lipinski definition) is 3. The molecule has 0 radical (unpaired) electrons. The maximum Gasteiger partial charge on any atom is 0.316 e. The summed E-state index contributed by atoms with van der Waals surface area (Å²) in [6, 6.07) is 8.52. The molecule has 22 heavy (non-hydrogen) atoms. The molecule has 3 heteroatoms. The van der Waals surface area contributed by atoms with Gasteiger partial charge in [0.25, 0.3) is 0 Å². The summed E-state index contributed by atoms with van der Waals surface area (Å²) in [5, 5.41) is 0. The van der Waals surface area contributed by atoms with Crippen LogP contribution in [0.25, 0.3) is 0 Å². The first-order valence-electron chi connectivity index (χ1n) is 8.32. The third kappa shape index (κ3) is 3.05. The predicted octanol–water partition coefficient (Wildman–Crippen LogP) is 3.74. The molecular weight excluding hydrogens is 276 g/mol. The zero-order chi connectivity index (χ0) is 15.8. The minimum absolute atomic E-state index is 0.0348. The smallest absolute Gasteiger partial charge is 0.316 e. The minimum Gasteiger partial charge on any atom is -0.462 e. The molecule has 0 amide bonds. The molecule has 0 atom stereocenters. The largest absolute Gasteiger partial charge is 0.462 e. The van der Waals surface area contributed by atoms with Crippen LogP contribution in [0, 0.1) is 0 Å². The van der Waals surface area contributed by atoms with Crippen LogP contribution < -0.4 is 0 Å². The molecule has 2 aliphatic rings. The molecule has 120 valence electrons. The van der Waals surface area contributed by atoms with Gasteiger partial charge in [0.15, 0.2) is 0 Å². The predicted molar refractivity (Wildman–Crippen MR) is 86.0 cm³/mol. The van der Waals surface area contributed by atoms with Crippen molar-refractivity contribution in [1.82, 2.24) is 0 Å². The lowest BCUT2D eigenvalue weighted by Gasteiger charge is -2.25. The number of esters is 1. The summed E-state index contributed by atoms with van der Waals surface area (Å²) in [4.78, 5) is 12.6. The second-order valence-electron chi connectivity index (χ2n) is 7.63. The van der Waals surface area contributed by atoms with Gasteiger partial charge >= 0.3 is 5.97 Å². The zero-order valence-electron chi connectivity index (χ0n) is 13.9. The van der Waals surface area contributed by atoms with E-state index in [1.165, 1.54) is 5.56 Å². The Hall–Kier alpha value is -1.35. The van der Waals surface area contributed by atoms with Crippen LogP contribution in [0.15, 0.2) is 24.3 Å². The van der Waals surface area contributed by atoms with Crippen LogP contribution in [-0.2, 0) is 25.1 Å². The number of carbonyl (C=O) groups excluding carboxylic acids is 1. The lowest BCUT2D eigenvalue weighted by atomic mass is 9.85. The van der Waals surface area contributed by atoms with Crippen LogP contribution in [-0.4, -0.2) is 25.3 Å². The number of carbonyl (C=O) groups is 1. The Kier molecular flexibility index (Phi) is 4.02. The van der Waals surface area contributed by atoms with Crippen molar-refractivity contribution < 1.29 is 14.3 Å². The average Bonchev–Trinajstić information content (AvgIpc) is 3.29. The number of ether oxygens (including phenoxy) is 2. The van der Waals surface area contributed by atoms with Gasteiger partial charge < -0.3 is 9.47 Å². The van der Waals surface area contributed by atoms with Gasteiger partial charge in [-0.1, -0.05) is 45.0 Å². The van der Waals surface area contributed by atoms with E-state index in [9.17, 15) is 4.79 Å². The fourth-order valence-electron chi connectivity index (χ4n) is 3.08. The molecule has 1 aliphatic carbocycles. The van der Waals surface area contributed by atoms with Crippen LogP contribution >= 0.6 is 0 Å². The minimum atomic E-state index is -0.380. The Morgan fingerprint density at radius 2 is 1.73 bits per heavy atom. The van der Waals surface area contributed by atoms with E-state index >= 15 is 0 Å². The van der Waals surface area contributed by atoms with Gasteiger partial charge in [-0.2, -0.15) is 0 Å². The van der Waals surface area contributed by atoms with E-state index in [0.717, 1.165) is 31.2 Å². The summed E-state index contributed by atoms with van der Waals surface area (Å²) in [5.41, 5.74) is 2.16. The first kappa shape index (κ1) is 15.5. The maximum atomic E-state index is 12.6. The molecule has 0 spiro atoms. The van der Waals surface area contributed by atoms with E-state index in [1.807, 2.05) is 0 Å². The molecule has 0 bridgehead atoms. The van der Waals surface area contributed by atoms with Gasteiger partial charge in [-0.3, -0.25) is 4.79 Å². The quantitative estimate of drug-likeness (QED) is 0.798. The van der Waals surface area contributed by atoms with Crippen molar-refractivity contribution in [1.29, 1.82) is 0 Å². The highest BCUT2D eigenvalue weighted by Gasteiger charge is 2.53. The Morgan fingerprint density at radius 1 is 1.14 bits per heavy atom. The standard InChI is InChI=1S/C19H26O3/c1-18(2,3)14-4-6-15(7-5-14)19(10-11-19)17(20)22-16-8-12-21-13-9-16/h4-7,16H,8-13H2,1-3H3. The Balaban J connectivity index is 1.71. The van der Waals surface area contributed by atoms with E-state index < -0.39 is 0 Å². The Labute approximate surface area is 133 Å². The van der Waals surface area contributed by atoms with Crippen LogP contribution in [0.4, 0.5) is 0 Å². The average molecular weight is 302 g/mol. The summed E-state index contributed by atoms with van der Waals surface area (Å²) < 4.78 is 11.1. The second kappa shape index (κ2) is 5.69.